The molecule has 35 heavy (non-hydrogen) atoms. The van der Waals surface area contributed by atoms with Gasteiger partial charge in [0.25, 0.3) is 5.91 Å². The molecular formula is C24H24FN7O3. The van der Waals surface area contributed by atoms with E-state index in [1.807, 2.05) is 6.92 Å². The van der Waals surface area contributed by atoms with Crippen LogP contribution in [0.4, 0.5) is 21.6 Å². The Labute approximate surface area is 200 Å². The van der Waals surface area contributed by atoms with E-state index in [1.54, 1.807) is 48.3 Å². The van der Waals surface area contributed by atoms with Crippen LogP contribution in [0.2, 0.25) is 0 Å². The van der Waals surface area contributed by atoms with Crippen LogP contribution in [0.3, 0.4) is 0 Å². The topological polar surface area (TPSA) is 123 Å². The maximum absolute atomic E-state index is 14.7. The molecule has 0 saturated heterocycles. The van der Waals surface area contributed by atoms with Crippen molar-refractivity contribution in [2.75, 3.05) is 23.1 Å². The van der Waals surface area contributed by atoms with Crippen LogP contribution in [0, 0.1) is 5.82 Å². The summed E-state index contributed by atoms with van der Waals surface area (Å²) in [5.41, 5.74) is 1.32. The zero-order valence-electron chi connectivity index (χ0n) is 19.2. The van der Waals surface area contributed by atoms with Crippen molar-refractivity contribution >= 4 is 40.2 Å². The first kappa shape index (κ1) is 23.8. The number of para-hydroxylation sites is 1. The molecule has 0 aliphatic carbocycles. The molecule has 2 aromatic heterocycles. The van der Waals surface area contributed by atoms with Crippen molar-refractivity contribution in [2.45, 2.75) is 26.1 Å². The van der Waals surface area contributed by atoms with Gasteiger partial charge < -0.3 is 20.7 Å². The number of fused-ring (bicyclic) bond motifs is 1. The summed E-state index contributed by atoms with van der Waals surface area (Å²) < 4.78 is 21.5. The normalized spacial score (nSPS) is 11.7. The number of carbonyl (C=O) groups is 2. The smallest absolute Gasteiger partial charge is 0.260 e. The number of hydrogen-bond donors (Lipinski definition) is 3. The number of nitrogens with one attached hydrogen (secondary N) is 3. The summed E-state index contributed by atoms with van der Waals surface area (Å²) in [7, 11) is 1.56. The van der Waals surface area contributed by atoms with Gasteiger partial charge in [0.05, 0.1) is 17.6 Å². The fourth-order valence-corrected chi connectivity index (χ4v) is 3.53. The highest BCUT2D eigenvalue weighted by Crippen LogP contribution is 2.23. The molecule has 4 rings (SSSR count). The molecule has 0 aliphatic heterocycles. The quantitative estimate of drug-likeness (QED) is 0.336. The molecule has 180 valence electrons. The third-order valence-corrected chi connectivity index (χ3v) is 5.24. The summed E-state index contributed by atoms with van der Waals surface area (Å²) >= 11 is 0. The third kappa shape index (κ3) is 5.25. The molecule has 0 fully saturated rings. The molecule has 3 N–H and O–H groups in total. The van der Waals surface area contributed by atoms with Gasteiger partial charge in [-0.25, -0.2) is 19.3 Å². The first-order valence-corrected chi connectivity index (χ1v) is 10.9. The first-order valence-electron chi connectivity index (χ1n) is 10.9. The Morgan fingerprint density at radius 3 is 2.60 bits per heavy atom. The summed E-state index contributed by atoms with van der Waals surface area (Å²) in [6.07, 6.45) is 3.32. The fourth-order valence-electron chi connectivity index (χ4n) is 3.53. The average molecular weight is 478 g/mol. The Hall–Kier alpha value is -4.38. The number of amides is 2. The Bertz CT molecular complexity index is 1340. The minimum absolute atomic E-state index is 0.0564. The third-order valence-electron chi connectivity index (χ3n) is 5.24. The van der Waals surface area contributed by atoms with Gasteiger partial charge in [0.2, 0.25) is 5.91 Å². The number of ether oxygens (including phenoxy) is 1. The predicted molar refractivity (Wildman–Crippen MR) is 129 cm³/mol. The van der Waals surface area contributed by atoms with Crippen LogP contribution in [-0.2, 0) is 16.3 Å². The van der Waals surface area contributed by atoms with Gasteiger partial charge in [0.1, 0.15) is 24.9 Å². The van der Waals surface area contributed by atoms with E-state index in [0.717, 1.165) is 0 Å². The number of aromatic nitrogens is 4. The van der Waals surface area contributed by atoms with E-state index in [2.05, 4.69) is 30.9 Å². The minimum atomic E-state index is -0.751. The van der Waals surface area contributed by atoms with Crippen molar-refractivity contribution in [3.05, 3.63) is 72.6 Å². The number of halogens is 1. The number of carbonyl (C=O) groups excluding carboxylic acids is 2. The van der Waals surface area contributed by atoms with E-state index in [9.17, 15) is 14.0 Å². The minimum Gasteiger partial charge on any atom is -0.364 e. The molecule has 11 heteroatoms. The maximum atomic E-state index is 14.7. The van der Waals surface area contributed by atoms with E-state index in [4.69, 9.17) is 4.74 Å². The average Bonchev–Trinajstić information content (AvgIpc) is 3.27. The summed E-state index contributed by atoms with van der Waals surface area (Å²) in [6, 6.07) is 12.0. The Kier molecular flexibility index (Phi) is 7.27. The van der Waals surface area contributed by atoms with Crippen LogP contribution in [0.1, 0.15) is 23.7 Å². The van der Waals surface area contributed by atoms with Crippen molar-refractivity contribution < 1.29 is 18.7 Å². The van der Waals surface area contributed by atoms with Crippen molar-refractivity contribution in [1.82, 2.24) is 19.5 Å². The lowest BCUT2D eigenvalue weighted by atomic mass is 10.1. The summed E-state index contributed by atoms with van der Waals surface area (Å²) in [6.45, 7) is 2.08. The van der Waals surface area contributed by atoms with Crippen molar-refractivity contribution in [3.63, 3.8) is 0 Å². The van der Waals surface area contributed by atoms with Gasteiger partial charge in [-0.3, -0.25) is 14.2 Å². The predicted octanol–water partition coefficient (Wildman–Crippen LogP) is 3.65. The number of nitrogens with zero attached hydrogens (tertiary/aromatic N) is 4. The molecule has 0 saturated carbocycles. The standard InChI is InChI=1S/C24H24FN7O3/c1-3-17(30-21-20-22(27-12-26-21)32(13-28-20)14-35-2)23(33)31-18-11-7-10-16(25)19(18)24(34)29-15-8-5-4-6-9-15/h4-13,17H,3,14H2,1-2H3,(H,29,34)(H,31,33)(H,26,27,30). The largest absolute Gasteiger partial charge is 0.364 e. The van der Waals surface area contributed by atoms with Gasteiger partial charge >= 0.3 is 0 Å². The van der Waals surface area contributed by atoms with Crippen LogP contribution >= 0.6 is 0 Å². The first-order chi connectivity index (χ1) is 17.0. The Balaban J connectivity index is 1.55. The molecule has 4 aromatic rings. The molecule has 2 amide bonds. The van der Waals surface area contributed by atoms with E-state index in [0.29, 0.717) is 29.1 Å². The van der Waals surface area contributed by atoms with Crippen LogP contribution in [0.15, 0.2) is 61.2 Å². The van der Waals surface area contributed by atoms with Crippen LogP contribution in [0.25, 0.3) is 11.2 Å². The highest BCUT2D eigenvalue weighted by atomic mass is 19.1. The van der Waals surface area contributed by atoms with Crippen LogP contribution in [-0.4, -0.2) is 44.5 Å². The highest BCUT2D eigenvalue weighted by Gasteiger charge is 2.23. The molecule has 0 radical (unpaired) electrons. The molecule has 0 bridgehead atoms. The van der Waals surface area contributed by atoms with Gasteiger partial charge in [-0.1, -0.05) is 31.2 Å². The van der Waals surface area contributed by atoms with Crippen molar-refractivity contribution in [1.29, 1.82) is 0 Å². The number of hydrogen-bond acceptors (Lipinski definition) is 7. The second-order valence-corrected chi connectivity index (χ2v) is 7.60. The van der Waals surface area contributed by atoms with Crippen LogP contribution < -0.4 is 16.0 Å². The number of methoxy groups -OCH3 is 1. The molecule has 1 atom stereocenters. The second kappa shape index (κ2) is 10.7. The van der Waals surface area contributed by atoms with E-state index < -0.39 is 23.7 Å². The summed E-state index contributed by atoms with van der Waals surface area (Å²) in [5, 5.41) is 8.39. The molecule has 10 nitrogen and oxygen atoms in total. The van der Waals surface area contributed by atoms with E-state index in [1.165, 1.54) is 24.5 Å². The highest BCUT2D eigenvalue weighted by molar-refractivity contribution is 6.11. The number of anilines is 3. The monoisotopic (exact) mass is 477 g/mol. The van der Waals surface area contributed by atoms with Gasteiger partial charge in [-0.15, -0.1) is 0 Å². The van der Waals surface area contributed by atoms with Gasteiger partial charge in [0.15, 0.2) is 17.0 Å². The maximum Gasteiger partial charge on any atom is 0.260 e. The summed E-state index contributed by atoms with van der Waals surface area (Å²) in [5.74, 6) is -1.52. The van der Waals surface area contributed by atoms with Gasteiger partial charge in [-0.05, 0) is 30.7 Å². The number of benzene rings is 2. The molecule has 2 heterocycles. The molecule has 1 unspecified atom stereocenters. The lowest BCUT2D eigenvalue weighted by molar-refractivity contribution is -0.117. The Morgan fingerprint density at radius 2 is 1.86 bits per heavy atom. The van der Waals surface area contributed by atoms with Crippen LogP contribution in [0.5, 0.6) is 0 Å². The number of imidazole rings is 1. The Morgan fingerprint density at radius 1 is 1.06 bits per heavy atom. The molecule has 2 aromatic carbocycles. The molecule has 0 aliphatic rings. The van der Waals surface area contributed by atoms with E-state index in [-0.39, 0.29) is 18.0 Å². The molecule has 0 spiro atoms. The second-order valence-electron chi connectivity index (χ2n) is 7.60. The zero-order valence-corrected chi connectivity index (χ0v) is 19.2. The SMILES string of the molecule is CCC(Nc1ncnc2c1ncn2COC)C(=O)Nc1cccc(F)c1C(=O)Nc1ccccc1. The molecular weight excluding hydrogens is 453 g/mol. The summed E-state index contributed by atoms with van der Waals surface area (Å²) in [4.78, 5) is 38.7. The van der Waals surface area contributed by atoms with Crippen molar-refractivity contribution in [2.24, 2.45) is 0 Å². The fraction of sp³-hybridized carbons (Fsp3) is 0.208. The van der Waals surface area contributed by atoms with Gasteiger partial charge in [0, 0.05) is 12.8 Å². The lowest BCUT2D eigenvalue weighted by Gasteiger charge is -2.19. The van der Waals surface area contributed by atoms with E-state index >= 15 is 0 Å². The lowest BCUT2D eigenvalue weighted by Crippen LogP contribution is -2.35. The van der Waals surface area contributed by atoms with Crippen molar-refractivity contribution in [3.8, 4) is 0 Å². The van der Waals surface area contributed by atoms with Gasteiger partial charge in [-0.2, -0.15) is 0 Å². The number of rotatable bonds is 9. The zero-order chi connectivity index (χ0) is 24.8.